The van der Waals surface area contributed by atoms with Crippen LogP contribution in [0.5, 0.6) is 0 Å². The number of aromatic nitrogens is 2. The molecular weight excluding hydrogens is 284 g/mol. The molecule has 1 aromatic carbocycles. The van der Waals surface area contributed by atoms with Crippen LogP contribution in [0.15, 0.2) is 41.7 Å². The average Bonchev–Trinajstić information content (AvgIpc) is 3.17. The Kier molecular flexibility index (Phi) is 4.95. The van der Waals surface area contributed by atoms with Crippen LogP contribution in [0.1, 0.15) is 12.8 Å². The van der Waals surface area contributed by atoms with Gasteiger partial charge in [0.05, 0.1) is 31.1 Å². The third-order valence-corrected chi connectivity index (χ3v) is 4.59. The van der Waals surface area contributed by atoms with Crippen LogP contribution in [0, 0.1) is 0 Å². The van der Waals surface area contributed by atoms with E-state index in [2.05, 4.69) is 21.7 Å². The van der Waals surface area contributed by atoms with Gasteiger partial charge in [0.25, 0.3) is 0 Å². The molecule has 4 nitrogen and oxygen atoms in total. The maximum absolute atomic E-state index is 9.04. The molecule has 0 saturated carbocycles. The number of nitrogens with zero attached hydrogens (tertiary/aromatic N) is 2. The molecule has 1 fully saturated rings. The lowest BCUT2D eigenvalue weighted by Gasteiger charge is -2.16. The van der Waals surface area contributed by atoms with E-state index >= 15 is 0 Å². The summed E-state index contributed by atoms with van der Waals surface area (Å²) < 4.78 is 8.00. The monoisotopic (exact) mass is 304 g/mol. The number of imidazole rings is 1. The lowest BCUT2D eigenvalue weighted by atomic mass is 10.1. The fourth-order valence-corrected chi connectivity index (χ4v) is 3.35. The predicted molar refractivity (Wildman–Crippen MR) is 84.4 cm³/mol. The molecule has 1 aliphatic rings. The van der Waals surface area contributed by atoms with Gasteiger partial charge in [0.15, 0.2) is 5.16 Å². The lowest BCUT2D eigenvalue weighted by Crippen LogP contribution is -2.16. The molecule has 1 saturated heterocycles. The molecule has 1 N–H and O–H groups in total. The second-order valence-electron chi connectivity index (χ2n) is 5.11. The van der Waals surface area contributed by atoms with Crippen molar-refractivity contribution >= 4 is 11.8 Å². The zero-order chi connectivity index (χ0) is 14.5. The van der Waals surface area contributed by atoms with E-state index in [1.54, 1.807) is 11.8 Å². The molecule has 0 bridgehead atoms. The van der Waals surface area contributed by atoms with Crippen LogP contribution >= 0.6 is 11.8 Å². The SMILES string of the molecule is OCCSc1ncc(-c2ccccc2)n1CC1CCCO1. The van der Waals surface area contributed by atoms with Gasteiger partial charge in [0.2, 0.25) is 0 Å². The van der Waals surface area contributed by atoms with Gasteiger partial charge in [-0.15, -0.1) is 0 Å². The van der Waals surface area contributed by atoms with E-state index in [0.29, 0.717) is 5.75 Å². The molecule has 1 aliphatic heterocycles. The highest BCUT2D eigenvalue weighted by Crippen LogP contribution is 2.28. The quantitative estimate of drug-likeness (QED) is 0.834. The number of hydrogen-bond donors (Lipinski definition) is 1. The maximum Gasteiger partial charge on any atom is 0.168 e. The van der Waals surface area contributed by atoms with Gasteiger partial charge in [0, 0.05) is 12.4 Å². The van der Waals surface area contributed by atoms with Crippen molar-refractivity contribution in [1.29, 1.82) is 0 Å². The zero-order valence-electron chi connectivity index (χ0n) is 11.9. The molecule has 0 radical (unpaired) electrons. The first-order valence-corrected chi connectivity index (χ1v) is 8.33. The van der Waals surface area contributed by atoms with Gasteiger partial charge in [0.1, 0.15) is 0 Å². The summed E-state index contributed by atoms with van der Waals surface area (Å²) in [5.41, 5.74) is 2.28. The molecule has 2 heterocycles. The average molecular weight is 304 g/mol. The first-order chi connectivity index (χ1) is 10.4. The van der Waals surface area contributed by atoms with E-state index in [0.717, 1.165) is 36.8 Å². The Morgan fingerprint density at radius 1 is 1.33 bits per heavy atom. The third kappa shape index (κ3) is 3.48. The van der Waals surface area contributed by atoms with E-state index in [-0.39, 0.29) is 12.7 Å². The minimum absolute atomic E-state index is 0.165. The molecule has 112 valence electrons. The van der Waals surface area contributed by atoms with Crippen molar-refractivity contribution in [2.24, 2.45) is 0 Å². The molecule has 21 heavy (non-hydrogen) atoms. The minimum atomic E-state index is 0.165. The standard InChI is InChI=1S/C16H20N2O2S/c19-8-10-21-16-17-11-15(13-5-2-1-3-6-13)18(16)12-14-7-4-9-20-14/h1-3,5-6,11,14,19H,4,7-10,12H2. The van der Waals surface area contributed by atoms with Gasteiger partial charge in [-0.25, -0.2) is 4.98 Å². The highest BCUT2D eigenvalue weighted by Gasteiger charge is 2.20. The summed E-state index contributed by atoms with van der Waals surface area (Å²) in [5.74, 6) is 0.663. The Hall–Kier alpha value is -1.30. The second-order valence-corrected chi connectivity index (χ2v) is 6.17. The number of ether oxygens (including phenoxy) is 1. The van der Waals surface area contributed by atoms with Crippen LogP contribution in [-0.2, 0) is 11.3 Å². The van der Waals surface area contributed by atoms with Crippen LogP contribution in [0.4, 0.5) is 0 Å². The largest absolute Gasteiger partial charge is 0.396 e. The number of hydrogen-bond acceptors (Lipinski definition) is 4. The van der Waals surface area contributed by atoms with E-state index in [1.807, 2.05) is 24.4 Å². The van der Waals surface area contributed by atoms with E-state index < -0.39 is 0 Å². The van der Waals surface area contributed by atoms with Crippen molar-refractivity contribution in [3.63, 3.8) is 0 Å². The Morgan fingerprint density at radius 3 is 2.90 bits per heavy atom. The summed E-state index contributed by atoms with van der Waals surface area (Å²) in [5, 5.41) is 10.0. The van der Waals surface area contributed by atoms with E-state index in [4.69, 9.17) is 9.84 Å². The fourth-order valence-electron chi connectivity index (χ4n) is 2.62. The molecule has 5 heteroatoms. The van der Waals surface area contributed by atoms with Gasteiger partial charge < -0.3 is 14.4 Å². The zero-order valence-corrected chi connectivity index (χ0v) is 12.8. The van der Waals surface area contributed by atoms with Crippen molar-refractivity contribution < 1.29 is 9.84 Å². The van der Waals surface area contributed by atoms with Gasteiger partial charge in [-0.05, 0) is 18.4 Å². The van der Waals surface area contributed by atoms with Crippen LogP contribution in [-0.4, -0.2) is 39.7 Å². The maximum atomic E-state index is 9.04. The topological polar surface area (TPSA) is 47.3 Å². The molecule has 2 aromatic rings. The normalized spacial score (nSPS) is 18.2. The Balaban J connectivity index is 1.89. The Labute approximate surface area is 129 Å². The van der Waals surface area contributed by atoms with Crippen molar-refractivity contribution in [2.45, 2.75) is 30.6 Å². The lowest BCUT2D eigenvalue weighted by molar-refractivity contribution is 0.0954. The van der Waals surface area contributed by atoms with Crippen LogP contribution < -0.4 is 0 Å². The predicted octanol–water partition coefficient (Wildman–Crippen LogP) is 2.81. The molecule has 0 amide bonds. The summed E-state index contributed by atoms with van der Waals surface area (Å²) in [6.07, 6.45) is 4.44. The van der Waals surface area contributed by atoms with E-state index in [9.17, 15) is 0 Å². The summed E-state index contributed by atoms with van der Waals surface area (Å²) in [4.78, 5) is 4.53. The van der Waals surface area contributed by atoms with Crippen molar-refractivity contribution in [3.8, 4) is 11.3 Å². The third-order valence-electron chi connectivity index (χ3n) is 3.62. The highest BCUT2D eigenvalue weighted by atomic mass is 32.2. The van der Waals surface area contributed by atoms with Crippen molar-refractivity contribution in [1.82, 2.24) is 9.55 Å². The molecule has 1 atom stereocenters. The summed E-state index contributed by atoms with van der Waals surface area (Å²) in [7, 11) is 0. The van der Waals surface area contributed by atoms with Gasteiger partial charge in [-0.1, -0.05) is 42.1 Å². The molecular formula is C16H20N2O2S. The summed E-state index contributed by atoms with van der Waals surface area (Å²) in [6, 6.07) is 10.3. The smallest absolute Gasteiger partial charge is 0.168 e. The van der Waals surface area contributed by atoms with Gasteiger partial charge >= 0.3 is 0 Å². The van der Waals surface area contributed by atoms with E-state index in [1.165, 1.54) is 5.56 Å². The number of thioether (sulfide) groups is 1. The van der Waals surface area contributed by atoms with Crippen LogP contribution in [0.3, 0.4) is 0 Å². The molecule has 1 unspecified atom stereocenters. The number of rotatable bonds is 6. The van der Waals surface area contributed by atoms with Crippen LogP contribution in [0.2, 0.25) is 0 Å². The number of benzene rings is 1. The van der Waals surface area contributed by atoms with Crippen molar-refractivity contribution in [2.75, 3.05) is 19.0 Å². The molecule has 3 rings (SSSR count). The molecule has 0 aliphatic carbocycles. The fraction of sp³-hybridized carbons (Fsp3) is 0.438. The first kappa shape index (κ1) is 14.6. The summed E-state index contributed by atoms with van der Waals surface area (Å²) >= 11 is 1.59. The van der Waals surface area contributed by atoms with Crippen LogP contribution in [0.25, 0.3) is 11.3 Å². The van der Waals surface area contributed by atoms with Gasteiger partial charge in [-0.3, -0.25) is 0 Å². The minimum Gasteiger partial charge on any atom is -0.396 e. The highest BCUT2D eigenvalue weighted by molar-refractivity contribution is 7.99. The second kappa shape index (κ2) is 7.11. The number of aliphatic hydroxyl groups excluding tert-OH is 1. The Bertz CT molecular complexity index is 565. The molecule has 1 aromatic heterocycles. The number of aliphatic hydroxyl groups is 1. The Morgan fingerprint density at radius 2 is 2.19 bits per heavy atom. The molecule has 0 spiro atoms. The summed E-state index contributed by atoms with van der Waals surface area (Å²) in [6.45, 7) is 1.86. The first-order valence-electron chi connectivity index (χ1n) is 7.34. The van der Waals surface area contributed by atoms with Gasteiger partial charge in [-0.2, -0.15) is 0 Å². The van der Waals surface area contributed by atoms with Crippen molar-refractivity contribution in [3.05, 3.63) is 36.5 Å².